The average Bonchev–Trinajstić information content (AvgIpc) is 2.50. The van der Waals surface area contributed by atoms with E-state index in [0.717, 1.165) is 24.8 Å². The van der Waals surface area contributed by atoms with Gasteiger partial charge in [-0.2, -0.15) is 0 Å². The molecule has 0 saturated carbocycles. The second-order valence-electron chi connectivity index (χ2n) is 6.34. The van der Waals surface area contributed by atoms with Crippen molar-refractivity contribution in [3.8, 4) is 0 Å². The van der Waals surface area contributed by atoms with E-state index in [1.54, 1.807) is 6.92 Å². The Bertz CT molecular complexity index is 905. The summed E-state index contributed by atoms with van der Waals surface area (Å²) in [6.45, 7) is 3.55. The molecule has 0 aliphatic carbocycles. The van der Waals surface area contributed by atoms with Crippen LogP contribution < -0.4 is 29.6 Å². The predicted molar refractivity (Wildman–Crippen MR) is 99.4 cm³/mol. The summed E-state index contributed by atoms with van der Waals surface area (Å²) in [7, 11) is -11.9. The van der Waals surface area contributed by atoms with Gasteiger partial charge in [0.05, 0.1) is 21.1 Å². The average molecular weight is 449 g/mol. The van der Waals surface area contributed by atoms with Gasteiger partial charge >= 0.3 is 29.6 Å². The molecule has 0 aliphatic rings. The molecule has 0 bridgehead atoms. The van der Waals surface area contributed by atoms with Crippen molar-refractivity contribution in [1.82, 2.24) is 0 Å². The minimum atomic E-state index is -4.61. The molecule has 0 radical (unpaired) electrons. The smallest absolute Gasteiger partial charge is 0.744 e. The third kappa shape index (κ3) is 8.12. The number of rotatable bonds is 10. The van der Waals surface area contributed by atoms with E-state index in [9.17, 15) is 29.8 Å². The Labute approximate surface area is 184 Å². The van der Waals surface area contributed by atoms with Gasteiger partial charge in [-0.1, -0.05) is 38.8 Å². The Morgan fingerprint density at radius 1 is 0.963 bits per heavy atom. The molecule has 1 rings (SSSR count). The fourth-order valence-corrected chi connectivity index (χ4v) is 7.39. The van der Waals surface area contributed by atoms with Gasteiger partial charge in [0.1, 0.15) is 10.1 Å². The van der Waals surface area contributed by atoms with Crippen molar-refractivity contribution in [2.45, 2.75) is 54.9 Å². The Morgan fingerprint density at radius 2 is 1.48 bits per heavy atom. The molecule has 0 heterocycles. The van der Waals surface area contributed by atoms with Gasteiger partial charge in [0, 0.05) is 6.26 Å². The molecule has 2 atom stereocenters. The van der Waals surface area contributed by atoms with Crippen LogP contribution in [0.15, 0.2) is 29.2 Å². The van der Waals surface area contributed by atoms with Gasteiger partial charge in [-0.25, -0.2) is 25.3 Å². The van der Waals surface area contributed by atoms with E-state index >= 15 is 0 Å². The van der Waals surface area contributed by atoms with E-state index in [1.807, 2.05) is 6.92 Å². The van der Waals surface area contributed by atoms with Crippen molar-refractivity contribution in [3.05, 3.63) is 29.8 Å². The molecular formula is C16H25NaO7S3. The second kappa shape index (κ2) is 10.7. The van der Waals surface area contributed by atoms with Gasteiger partial charge in [-0.15, -0.1) is 0 Å². The van der Waals surface area contributed by atoms with Crippen LogP contribution in [-0.4, -0.2) is 47.1 Å². The molecule has 0 aromatic heterocycles. The Kier molecular flexibility index (Phi) is 10.7. The van der Waals surface area contributed by atoms with E-state index in [-0.39, 0.29) is 42.4 Å². The summed E-state index contributed by atoms with van der Waals surface area (Å²) in [5.41, 5.74) is 0.336. The van der Waals surface area contributed by atoms with Crippen LogP contribution in [0.1, 0.15) is 50.3 Å². The third-order valence-corrected chi connectivity index (χ3v) is 9.26. The fraction of sp³-hybridized carbons (Fsp3) is 0.625. The quantitative estimate of drug-likeness (QED) is 0.334. The van der Waals surface area contributed by atoms with Crippen LogP contribution in [0, 0.1) is 0 Å². The van der Waals surface area contributed by atoms with Crippen molar-refractivity contribution in [2.24, 2.45) is 0 Å². The Balaban J connectivity index is 0.00000676. The normalized spacial score (nSPS) is 15.0. The number of sulfone groups is 2. The van der Waals surface area contributed by atoms with Gasteiger partial charge in [0.15, 0.2) is 19.7 Å². The zero-order valence-electron chi connectivity index (χ0n) is 16.1. The maximum Gasteiger partial charge on any atom is 1.00 e. The van der Waals surface area contributed by atoms with Crippen LogP contribution in [0.2, 0.25) is 0 Å². The van der Waals surface area contributed by atoms with Crippen molar-refractivity contribution < 1.29 is 59.4 Å². The maximum atomic E-state index is 12.8. The monoisotopic (exact) mass is 448 g/mol. The molecule has 1 aromatic carbocycles. The Hall–Kier alpha value is 0.0300. The van der Waals surface area contributed by atoms with Crippen LogP contribution in [0.3, 0.4) is 0 Å². The standard InChI is InChI=1S/C16H26O7S3.Na/c1-4-6-7-15(24(3,17)18)12-25(19,20)16(5-2)13-8-10-14(11-9-13)26(21,22)23;/h8-11,15-16H,4-7,12H2,1-3H3,(H,21,22,23);/q;+1/p-1. The minimum Gasteiger partial charge on any atom is -0.744 e. The molecule has 0 saturated heterocycles. The zero-order chi connectivity index (χ0) is 20.2. The van der Waals surface area contributed by atoms with Crippen LogP contribution >= 0.6 is 0 Å². The summed E-state index contributed by atoms with van der Waals surface area (Å²) in [4.78, 5) is -0.439. The molecule has 7 nitrogen and oxygen atoms in total. The molecule has 0 aliphatic heterocycles. The third-order valence-electron chi connectivity index (χ3n) is 4.25. The molecule has 0 amide bonds. The van der Waals surface area contributed by atoms with Crippen molar-refractivity contribution in [2.75, 3.05) is 12.0 Å². The van der Waals surface area contributed by atoms with E-state index in [1.165, 1.54) is 12.1 Å². The SMILES string of the molecule is CCCCC(CS(=O)(=O)C(CC)c1ccc(S(=O)(=O)[O-])cc1)S(C)(=O)=O.[Na+]. The summed E-state index contributed by atoms with van der Waals surface area (Å²) < 4.78 is 82.5. The molecule has 150 valence electrons. The summed E-state index contributed by atoms with van der Waals surface area (Å²) in [6.07, 6.45) is 2.89. The number of hydrogen-bond donors (Lipinski definition) is 0. The van der Waals surface area contributed by atoms with Crippen molar-refractivity contribution in [3.63, 3.8) is 0 Å². The molecule has 0 N–H and O–H groups in total. The number of unbranched alkanes of at least 4 members (excludes halogenated alkanes) is 1. The molecule has 2 unspecified atom stereocenters. The van der Waals surface area contributed by atoms with Gasteiger partial charge in [-0.3, -0.25) is 0 Å². The summed E-state index contributed by atoms with van der Waals surface area (Å²) in [5, 5.41) is -1.93. The van der Waals surface area contributed by atoms with E-state index in [0.29, 0.717) is 12.0 Å². The fourth-order valence-electron chi connectivity index (χ4n) is 2.77. The van der Waals surface area contributed by atoms with Crippen molar-refractivity contribution >= 4 is 29.8 Å². The van der Waals surface area contributed by atoms with Gasteiger partial charge < -0.3 is 4.55 Å². The topological polar surface area (TPSA) is 125 Å². The minimum absolute atomic E-state index is 0. The first-order valence-electron chi connectivity index (χ1n) is 8.29. The number of benzene rings is 1. The Morgan fingerprint density at radius 3 is 1.85 bits per heavy atom. The molecule has 27 heavy (non-hydrogen) atoms. The number of hydrogen-bond acceptors (Lipinski definition) is 7. The van der Waals surface area contributed by atoms with Gasteiger partial charge in [0.25, 0.3) is 0 Å². The van der Waals surface area contributed by atoms with Crippen LogP contribution in [0.25, 0.3) is 0 Å². The molecular weight excluding hydrogens is 423 g/mol. The van der Waals surface area contributed by atoms with Crippen LogP contribution in [-0.2, 0) is 29.8 Å². The first-order valence-corrected chi connectivity index (χ1v) is 13.4. The molecule has 1 aromatic rings. The maximum absolute atomic E-state index is 12.8. The summed E-state index contributed by atoms with van der Waals surface area (Å²) >= 11 is 0. The first kappa shape index (κ1) is 27.0. The predicted octanol–water partition coefficient (Wildman–Crippen LogP) is -0.936. The van der Waals surface area contributed by atoms with Crippen molar-refractivity contribution in [1.29, 1.82) is 0 Å². The summed E-state index contributed by atoms with van der Waals surface area (Å²) in [5.74, 6) is -0.480. The zero-order valence-corrected chi connectivity index (χ0v) is 20.5. The second-order valence-corrected chi connectivity index (χ2v) is 12.3. The van der Waals surface area contributed by atoms with Gasteiger partial charge in [0.2, 0.25) is 0 Å². The molecule has 11 heteroatoms. The van der Waals surface area contributed by atoms with Gasteiger partial charge in [-0.05, 0) is 30.5 Å². The van der Waals surface area contributed by atoms with E-state index in [4.69, 9.17) is 0 Å². The largest absolute Gasteiger partial charge is 1.00 e. The molecule has 0 fully saturated rings. The molecule has 0 spiro atoms. The van der Waals surface area contributed by atoms with Crippen LogP contribution in [0.5, 0.6) is 0 Å². The van der Waals surface area contributed by atoms with E-state index in [2.05, 4.69) is 0 Å². The summed E-state index contributed by atoms with van der Waals surface area (Å²) in [6, 6.07) is 4.72. The van der Waals surface area contributed by atoms with Crippen LogP contribution in [0.4, 0.5) is 0 Å². The first-order chi connectivity index (χ1) is 11.8. The van der Waals surface area contributed by atoms with E-state index < -0.39 is 50.9 Å².